The van der Waals surface area contributed by atoms with Crippen molar-refractivity contribution in [3.8, 4) is 5.75 Å². The first-order valence-corrected chi connectivity index (χ1v) is 6.80. The molecule has 0 N–H and O–H groups in total. The Morgan fingerprint density at radius 3 is 2.79 bits per heavy atom. The number of carbonyl (C=O) groups is 1. The lowest BCUT2D eigenvalue weighted by atomic mass is 10.2. The number of nitrogens with zero attached hydrogens (tertiary/aromatic N) is 2. The lowest BCUT2D eigenvalue weighted by Gasteiger charge is -2.23. The van der Waals surface area contributed by atoms with E-state index >= 15 is 0 Å². The van der Waals surface area contributed by atoms with Crippen LogP contribution in [0.1, 0.15) is 16.8 Å². The van der Waals surface area contributed by atoms with Crippen LogP contribution < -0.4 is 4.18 Å². The number of halogens is 1. The second kappa shape index (κ2) is 5.35. The Bertz CT molecular complexity index is 615. The lowest BCUT2D eigenvalue weighted by molar-refractivity contribution is 0.0770. The molecule has 2 rings (SSSR count). The third kappa shape index (κ3) is 3.75. The number of rotatable bonds is 3. The Hall–Kier alpha value is -1.96. The average molecular weight is 286 g/mol. The van der Waals surface area contributed by atoms with Crippen molar-refractivity contribution >= 4 is 16.4 Å². The van der Waals surface area contributed by atoms with E-state index in [1.807, 2.05) is 12.2 Å². The van der Waals surface area contributed by atoms with E-state index < -0.39 is 10.5 Å². The lowest BCUT2D eigenvalue weighted by Crippen LogP contribution is -2.33. The third-order valence-corrected chi connectivity index (χ3v) is 2.89. The summed E-state index contributed by atoms with van der Waals surface area (Å²) < 4.78 is 37.1. The van der Waals surface area contributed by atoms with Crippen molar-refractivity contribution in [1.29, 1.82) is 0 Å². The Kier molecular flexibility index (Phi) is 3.79. The number of amides is 1. The number of carbonyl (C=O) groups excluding carboxylic acids is 1. The number of hydrogen-bond acceptors (Lipinski definition) is 5. The van der Waals surface area contributed by atoms with E-state index in [0.29, 0.717) is 13.1 Å². The van der Waals surface area contributed by atoms with E-state index in [1.165, 1.54) is 6.20 Å². The van der Waals surface area contributed by atoms with Crippen LogP contribution in [0.3, 0.4) is 0 Å². The van der Waals surface area contributed by atoms with Crippen molar-refractivity contribution in [3.63, 3.8) is 0 Å². The van der Waals surface area contributed by atoms with E-state index in [2.05, 4.69) is 9.17 Å². The van der Waals surface area contributed by atoms with Gasteiger partial charge in [0.05, 0.1) is 11.8 Å². The first-order valence-electron chi connectivity index (χ1n) is 5.49. The minimum atomic E-state index is -5.12. The van der Waals surface area contributed by atoms with Gasteiger partial charge in [-0.1, -0.05) is 16.0 Å². The molecule has 0 spiro atoms. The van der Waals surface area contributed by atoms with Gasteiger partial charge in [-0.2, -0.15) is 8.42 Å². The molecule has 0 bridgehead atoms. The summed E-state index contributed by atoms with van der Waals surface area (Å²) in [4.78, 5) is 17.3. The van der Waals surface area contributed by atoms with Crippen LogP contribution in [0.25, 0.3) is 0 Å². The summed E-state index contributed by atoms with van der Waals surface area (Å²) in [6.07, 6.45) is 6.88. The van der Waals surface area contributed by atoms with Gasteiger partial charge in [-0.25, -0.2) is 0 Å². The van der Waals surface area contributed by atoms with Crippen LogP contribution in [0.15, 0.2) is 30.6 Å². The van der Waals surface area contributed by atoms with Crippen LogP contribution in [0, 0.1) is 0 Å². The highest BCUT2D eigenvalue weighted by Gasteiger charge is 2.18. The van der Waals surface area contributed by atoms with Gasteiger partial charge in [0.25, 0.3) is 5.91 Å². The quantitative estimate of drug-likeness (QED) is 0.614. The van der Waals surface area contributed by atoms with Gasteiger partial charge in [0, 0.05) is 19.3 Å². The SMILES string of the molecule is O=C(c1cncc(OS(=O)(=O)F)c1)N1CC=CCC1. The van der Waals surface area contributed by atoms with E-state index in [1.54, 1.807) is 4.90 Å². The maximum Gasteiger partial charge on any atom is 0.488 e. The molecular weight excluding hydrogens is 275 g/mol. The van der Waals surface area contributed by atoms with Gasteiger partial charge in [-0.3, -0.25) is 9.78 Å². The Morgan fingerprint density at radius 1 is 1.37 bits per heavy atom. The van der Waals surface area contributed by atoms with Crippen LogP contribution >= 0.6 is 0 Å². The summed E-state index contributed by atoms with van der Waals surface area (Å²) >= 11 is 0. The molecule has 1 aliphatic heterocycles. The topological polar surface area (TPSA) is 76.6 Å². The highest BCUT2D eigenvalue weighted by molar-refractivity contribution is 7.81. The molecule has 1 aliphatic rings. The van der Waals surface area contributed by atoms with Crippen molar-refractivity contribution in [2.24, 2.45) is 0 Å². The van der Waals surface area contributed by atoms with Crippen molar-refractivity contribution in [3.05, 3.63) is 36.2 Å². The van der Waals surface area contributed by atoms with Crippen LogP contribution in [0.5, 0.6) is 5.75 Å². The van der Waals surface area contributed by atoms with E-state index in [0.717, 1.165) is 18.7 Å². The predicted octanol–water partition coefficient (Wildman–Crippen LogP) is 1.08. The molecule has 0 saturated heterocycles. The third-order valence-electron chi connectivity index (χ3n) is 2.50. The van der Waals surface area contributed by atoms with Crippen LogP contribution in [0.2, 0.25) is 0 Å². The van der Waals surface area contributed by atoms with Gasteiger partial charge in [0.1, 0.15) is 0 Å². The van der Waals surface area contributed by atoms with Crippen molar-refractivity contribution in [2.45, 2.75) is 6.42 Å². The summed E-state index contributed by atoms with van der Waals surface area (Å²) in [6, 6.07) is 1.14. The molecule has 1 amide bonds. The summed E-state index contributed by atoms with van der Waals surface area (Å²) in [5, 5.41) is 0. The molecule has 0 saturated carbocycles. The molecule has 0 aliphatic carbocycles. The minimum Gasteiger partial charge on any atom is -0.357 e. The zero-order valence-electron chi connectivity index (χ0n) is 9.82. The highest BCUT2D eigenvalue weighted by atomic mass is 32.3. The molecule has 0 fully saturated rings. The first-order chi connectivity index (χ1) is 8.96. The van der Waals surface area contributed by atoms with Gasteiger partial charge in [0.15, 0.2) is 5.75 Å². The molecule has 2 heterocycles. The summed E-state index contributed by atoms with van der Waals surface area (Å²) in [6.45, 7) is 1.05. The molecule has 102 valence electrons. The second-order valence-corrected chi connectivity index (χ2v) is 4.85. The monoisotopic (exact) mass is 286 g/mol. The van der Waals surface area contributed by atoms with E-state index in [9.17, 15) is 17.1 Å². The standard InChI is InChI=1S/C11H11FN2O4S/c12-19(16,17)18-10-6-9(7-13-8-10)11(15)14-4-2-1-3-5-14/h1-2,6-8H,3-5H2. The molecule has 0 aromatic carbocycles. The van der Waals surface area contributed by atoms with Crippen LogP contribution in [-0.2, 0) is 10.5 Å². The zero-order valence-corrected chi connectivity index (χ0v) is 10.6. The largest absolute Gasteiger partial charge is 0.488 e. The van der Waals surface area contributed by atoms with Crippen molar-refractivity contribution in [2.75, 3.05) is 13.1 Å². The molecule has 0 unspecified atom stereocenters. The van der Waals surface area contributed by atoms with Gasteiger partial charge in [-0.15, -0.1) is 0 Å². The fraction of sp³-hybridized carbons (Fsp3) is 0.273. The van der Waals surface area contributed by atoms with Crippen LogP contribution in [0.4, 0.5) is 3.89 Å². The fourth-order valence-electron chi connectivity index (χ4n) is 1.70. The number of hydrogen-bond donors (Lipinski definition) is 0. The Balaban J connectivity index is 2.18. The van der Waals surface area contributed by atoms with Gasteiger partial charge in [-0.05, 0) is 12.5 Å². The number of aromatic nitrogens is 1. The van der Waals surface area contributed by atoms with Crippen molar-refractivity contribution in [1.82, 2.24) is 9.88 Å². The summed E-state index contributed by atoms with van der Waals surface area (Å²) in [5.41, 5.74) is 0.149. The Morgan fingerprint density at radius 2 is 2.16 bits per heavy atom. The molecule has 0 radical (unpaired) electrons. The molecular formula is C11H11FN2O4S. The maximum atomic E-state index is 12.4. The minimum absolute atomic E-state index is 0.149. The van der Waals surface area contributed by atoms with E-state index in [4.69, 9.17) is 0 Å². The predicted molar refractivity (Wildman–Crippen MR) is 64.6 cm³/mol. The van der Waals surface area contributed by atoms with E-state index in [-0.39, 0.29) is 17.2 Å². The zero-order chi connectivity index (χ0) is 13.9. The molecule has 6 nitrogen and oxygen atoms in total. The molecule has 0 atom stereocenters. The Labute approximate surface area is 109 Å². The second-order valence-electron chi connectivity index (χ2n) is 3.90. The molecule has 1 aromatic heterocycles. The average Bonchev–Trinajstić information content (AvgIpc) is 2.37. The van der Waals surface area contributed by atoms with Gasteiger partial charge in [0.2, 0.25) is 0 Å². The fourth-order valence-corrected chi connectivity index (χ4v) is 2.03. The molecule has 1 aromatic rings. The maximum absolute atomic E-state index is 12.4. The molecule has 8 heteroatoms. The first kappa shape index (κ1) is 13.5. The summed E-state index contributed by atoms with van der Waals surface area (Å²) in [7, 11) is -5.12. The number of pyridine rings is 1. The smallest absolute Gasteiger partial charge is 0.357 e. The van der Waals surface area contributed by atoms with Crippen molar-refractivity contribution < 1.29 is 21.3 Å². The molecule has 19 heavy (non-hydrogen) atoms. The van der Waals surface area contributed by atoms with Crippen LogP contribution in [-0.4, -0.2) is 37.3 Å². The van der Waals surface area contributed by atoms with Gasteiger partial charge < -0.3 is 9.08 Å². The normalized spacial score (nSPS) is 15.3. The summed E-state index contributed by atoms with van der Waals surface area (Å²) in [5.74, 6) is -0.639. The highest BCUT2D eigenvalue weighted by Crippen LogP contribution is 2.16. The van der Waals surface area contributed by atoms with Gasteiger partial charge >= 0.3 is 10.5 Å².